The van der Waals surface area contributed by atoms with Crippen molar-refractivity contribution in [2.75, 3.05) is 25.0 Å². The molecule has 1 unspecified atom stereocenters. The fraction of sp³-hybridized carbons (Fsp3) is 0.529. The summed E-state index contributed by atoms with van der Waals surface area (Å²) in [6.45, 7) is 9.85. The first-order chi connectivity index (χ1) is 10.0. The summed E-state index contributed by atoms with van der Waals surface area (Å²) < 4.78 is 0. The zero-order chi connectivity index (χ0) is 15.8. The van der Waals surface area contributed by atoms with Crippen molar-refractivity contribution in [1.82, 2.24) is 4.90 Å². The molecule has 4 nitrogen and oxygen atoms in total. The van der Waals surface area contributed by atoms with Gasteiger partial charge in [0.25, 0.3) is 5.91 Å². The monoisotopic (exact) mass is 287 g/mol. The van der Waals surface area contributed by atoms with Gasteiger partial charge in [-0.2, -0.15) is 5.26 Å². The van der Waals surface area contributed by atoms with Crippen LogP contribution in [0.25, 0.3) is 0 Å². The summed E-state index contributed by atoms with van der Waals surface area (Å²) in [6, 6.07) is 8.00. The van der Waals surface area contributed by atoms with Crippen molar-refractivity contribution >= 4 is 11.6 Å². The van der Waals surface area contributed by atoms with E-state index in [9.17, 15) is 4.79 Å². The molecule has 0 aromatic heterocycles. The molecule has 0 saturated carbocycles. The number of benzene rings is 1. The lowest BCUT2D eigenvalue weighted by Gasteiger charge is -2.23. The molecule has 1 rings (SSSR count). The molecule has 1 N–H and O–H groups in total. The summed E-state index contributed by atoms with van der Waals surface area (Å²) in [5, 5.41) is 12.2. The van der Waals surface area contributed by atoms with E-state index in [1.807, 2.05) is 39.0 Å². The molecule has 4 heteroatoms. The van der Waals surface area contributed by atoms with Crippen LogP contribution in [0.2, 0.25) is 0 Å². The van der Waals surface area contributed by atoms with Gasteiger partial charge in [-0.05, 0) is 51.0 Å². The lowest BCUT2D eigenvalue weighted by atomic mass is 10.1. The summed E-state index contributed by atoms with van der Waals surface area (Å²) in [6.07, 6.45) is 1.06. The van der Waals surface area contributed by atoms with E-state index in [1.54, 1.807) is 4.90 Å². The van der Waals surface area contributed by atoms with Gasteiger partial charge in [-0.3, -0.25) is 4.79 Å². The van der Waals surface area contributed by atoms with Crippen molar-refractivity contribution < 1.29 is 4.79 Å². The number of nitriles is 1. The maximum absolute atomic E-state index is 12.6. The summed E-state index contributed by atoms with van der Waals surface area (Å²) in [7, 11) is 0. The average Bonchev–Trinajstić information content (AvgIpc) is 2.49. The highest BCUT2D eigenvalue weighted by molar-refractivity contribution is 5.96. The van der Waals surface area contributed by atoms with Crippen LogP contribution in [0.3, 0.4) is 0 Å². The van der Waals surface area contributed by atoms with Gasteiger partial charge < -0.3 is 10.2 Å². The van der Waals surface area contributed by atoms with Gasteiger partial charge in [0.15, 0.2) is 0 Å². The molecule has 0 spiro atoms. The maximum Gasteiger partial charge on any atom is 0.254 e. The fourth-order valence-corrected chi connectivity index (χ4v) is 2.18. The summed E-state index contributed by atoms with van der Waals surface area (Å²) in [4.78, 5) is 14.3. The fourth-order valence-electron chi connectivity index (χ4n) is 2.18. The number of anilines is 1. The number of hydrogen-bond donors (Lipinski definition) is 1. The first-order valence-corrected chi connectivity index (χ1v) is 7.56. The number of aryl methyl sites for hydroxylation is 1. The van der Waals surface area contributed by atoms with Crippen molar-refractivity contribution in [2.45, 2.75) is 34.1 Å². The summed E-state index contributed by atoms with van der Waals surface area (Å²) >= 11 is 0. The van der Waals surface area contributed by atoms with Crippen molar-refractivity contribution in [3.63, 3.8) is 0 Å². The smallest absolute Gasteiger partial charge is 0.254 e. The highest BCUT2D eigenvalue weighted by Crippen LogP contribution is 2.17. The van der Waals surface area contributed by atoms with E-state index in [2.05, 4.69) is 18.3 Å². The van der Waals surface area contributed by atoms with E-state index < -0.39 is 0 Å². The third-order valence-electron chi connectivity index (χ3n) is 3.42. The molecular formula is C17H25N3O. The third-order valence-corrected chi connectivity index (χ3v) is 3.42. The summed E-state index contributed by atoms with van der Waals surface area (Å²) in [5.41, 5.74) is 2.72. The van der Waals surface area contributed by atoms with E-state index in [4.69, 9.17) is 5.26 Å². The van der Waals surface area contributed by atoms with Crippen LogP contribution in [0.4, 0.5) is 5.69 Å². The quantitative estimate of drug-likeness (QED) is 0.835. The van der Waals surface area contributed by atoms with Gasteiger partial charge in [0.05, 0.1) is 12.0 Å². The third kappa shape index (κ3) is 4.78. The highest BCUT2D eigenvalue weighted by Gasteiger charge is 2.18. The highest BCUT2D eigenvalue weighted by atomic mass is 16.2. The molecule has 1 amide bonds. The van der Waals surface area contributed by atoms with Crippen LogP contribution in [-0.4, -0.2) is 30.4 Å². The van der Waals surface area contributed by atoms with Crippen LogP contribution >= 0.6 is 0 Å². The van der Waals surface area contributed by atoms with E-state index in [-0.39, 0.29) is 11.8 Å². The molecule has 0 radical (unpaired) electrons. The number of amides is 1. The number of carbonyl (C=O) groups excluding carboxylic acids is 1. The minimum atomic E-state index is -0.153. The first-order valence-electron chi connectivity index (χ1n) is 7.56. The SMILES string of the molecule is CCCNc1ccc(C(=O)N(CC)CC(C)C#N)c(C)c1. The molecule has 0 aliphatic heterocycles. The second kappa shape index (κ2) is 8.31. The Labute approximate surface area is 127 Å². The van der Waals surface area contributed by atoms with Crippen LogP contribution < -0.4 is 5.32 Å². The molecule has 0 aliphatic carbocycles. The van der Waals surface area contributed by atoms with Crippen LogP contribution in [0.15, 0.2) is 18.2 Å². The maximum atomic E-state index is 12.6. The predicted molar refractivity (Wildman–Crippen MR) is 86.3 cm³/mol. The lowest BCUT2D eigenvalue weighted by Crippen LogP contribution is -2.34. The van der Waals surface area contributed by atoms with Crippen molar-refractivity contribution in [2.24, 2.45) is 5.92 Å². The van der Waals surface area contributed by atoms with E-state index in [0.717, 1.165) is 24.2 Å². The molecule has 21 heavy (non-hydrogen) atoms. The summed E-state index contributed by atoms with van der Waals surface area (Å²) in [5.74, 6) is -0.154. The lowest BCUT2D eigenvalue weighted by molar-refractivity contribution is 0.0752. The number of nitrogens with zero attached hydrogens (tertiary/aromatic N) is 2. The van der Waals surface area contributed by atoms with Crippen LogP contribution in [0, 0.1) is 24.2 Å². The largest absolute Gasteiger partial charge is 0.385 e. The molecule has 0 fully saturated rings. The first kappa shape index (κ1) is 17.0. The molecule has 0 aliphatic rings. The Morgan fingerprint density at radius 3 is 2.67 bits per heavy atom. The molecule has 0 heterocycles. The van der Waals surface area contributed by atoms with Gasteiger partial charge in [0.1, 0.15) is 0 Å². The van der Waals surface area contributed by atoms with Gasteiger partial charge in [0.2, 0.25) is 0 Å². The Morgan fingerprint density at radius 2 is 2.14 bits per heavy atom. The van der Waals surface area contributed by atoms with Gasteiger partial charge in [-0.25, -0.2) is 0 Å². The second-order valence-electron chi connectivity index (χ2n) is 5.33. The Hall–Kier alpha value is -2.02. The predicted octanol–water partition coefficient (Wildman–Crippen LogP) is 3.44. The number of carbonyl (C=O) groups is 1. The zero-order valence-electron chi connectivity index (χ0n) is 13.4. The number of hydrogen-bond acceptors (Lipinski definition) is 3. The Morgan fingerprint density at radius 1 is 1.43 bits per heavy atom. The number of rotatable bonds is 7. The van der Waals surface area contributed by atoms with Gasteiger partial charge >= 0.3 is 0 Å². The molecule has 114 valence electrons. The minimum absolute atomic E-state index is 0.000795. The van der Waals surface area contributed by atoms with Crippen LogP contribution in [-0.2, 0) is 0 Å². The Kier molecular flexibility index (Phi) is 6.74. The molecule has 0 saturated heterocycles. The standard InChI is InChI=1S/C17H25N3O/c1-5-9-19-15-7-8-16(14(4)10-15)17(21)20(6-2)12-13(3)11-18/h7-8,10,13,19H,5-6,9,12H2,1-4H3. The van der Waals surface area contributed by atoms with Crippen LogP contribution in [0.5, 0.6) is 0 Å². The van der Waals surface area contributed by atoms with Gasteiger partial charge in [-0.15, -0.1) is 0 Å². The van der Waals surface area contributed by atoms with E-state index in [1.165, 1.54) is 0 Å². The molecule has 0 bridgehead atoms. The Balaban J connectivity index is 2.88. The van der Waals surface area contributed by atoms with E-state index >= 15 is 0 Å². The normalized spacial score (nSPS) is 11.6. The molecular weight excluding hydrogens is 262 g/mol. The molecule has 1 aromatic carbocycles. The van der Waals surface area contributed by atoms with Gasteiger partial charge in [-0.1, -0.05) is 6.92 Å². The van der Waals surface area contributed by atoms with Crippen LogP contribution in [0.1, 0.15) is 43.1 Å². The van der Waals surface area contributed by atoms with Crippen molar-refractivity contribution in [3.8, 4) is 6.07 Å². The minimum Gasteiger partial charge on any atom is -0.385 e. The Bertz CT molecular complexity index is 519. The molecule has 1 aromatic rings. The second-order valence-corrected chi connectivity index (χ2v) is 5.33. The van der Waals surface area contributed by atoms with Gasteiger partial charge in [0, 0.05) is 30.9 Å². The average molecular weight is 287 g/mol. The van der Waals surface area contributed by atoms with E-state index in [0.29, 0.717) is 18.7 Å². The molecule has 1 atom stereocenters. The topological polar surface area (TPSA) is 56.1 Å². The van der Waals surface area contributed by atoms with Crippen molar-refractivity contribution in [3.05, 3.63) is 29.3 Å². The number of nitrogens with one attached hydrogen (secondary N) is 1. The zero-order valence-corrected chi connectivity index (χ0v) is 13.4. The van der Waals surface area contributed by atoms with Crippen molar-refractivity contribution in [1.29, 1.82) is 5.26 Å².